The van der Waals surface area contributed by atoms with E-state index < -0.39 is 0 Å². The number of guanidine groups is 1. The van der Waals surface area contributed by atoms with E-state index in [9.17, 15) is 9.59 Å². The standard InChI is InChI=1S/C21H25ClN4O2.HI/c1-2-23-21(25-12-13-4-3-5-16(22)10-13)24-8-9-26-19(27)17-14-6-7-15(11-14)18(17)20(26)28;/h3-7,10,14-15,17-18H,2,8-9,11-12H2,1H3,(H2,23,24,25);1H. The normalized spacial score (nSPS) is 27.2. The van der Waals surface area contributed by atoms with Crippen LogP contribution in [0.1, 0.15) is 18.9 Å². The molecule has 4 atom stereocenters. The number of amides is 2. The van der Waals surface area contributed by atoms with E-state index in [0.717, 1.165) is 18.5 Å². The van der Waals surface area contributed by atoms with Crippen LogP contribution in [0.2, 0.25) is 5.02 Å². The van der Waals surface area contributed by atoms with Crippen LogP contribution in [-0.4, -0.2) is 42.3 Å². The van der Waals surface area contributed by atoms with E-state index in [0.29, 0.717) is 30.6 Å². The number of carbonyl (C=O) groups is 2. The number of aliphatic imine (C=N–C) groups is 1. The molecule has 4 unspecified atom stereocenters. The summed E-state index contributed by atoms with van der Waals surface area (Å²) in [5.41, 5.74) is 1.02. The van der Waals surface area contributed by atoms with Gasteiger partial charge < -0.3 is 10.6 Å². The average molecular weight is 529 g/mol. The molecule has 0 aromatic heterocycles. The zero-order chi connectivity index (χ0) is 19.7. The summed E-state index contributed by atoms with van der Waals surface area (Å²) in [6.45, 7) is 4.06. The second-order valence-electron chi connectivity index (χ2n) is 7.58. The van der Waals surface area contributed by atoms with E-state index in [2.05, 4.69) is 27.8 Å². The first kappa shape index (κ1) is 22.1. The van der Waals surface area contributed by atoms with Crippen LogP contribution in [0, 0.1) is 23.7 Å². The van der Waals surface area contributed by atoms with Crippen LogP contribution in [0.15, 0.2) is 41.4 Å². The first-order valence-electron chi connectivity index (χ1n) is 9.88. The fourth-order valence-electron chi connectivity index (χ4n) is 4.62. The molecule has 1 heterocycles. The second kappa shape index (κ2) is 9.47. The third-order valence-electron chi connectivity index (χ3n) is 5.84. The van der Waals surface area contributed by atoms with Crippen molar-refractivity contribution < 1.29 is 9.59 Å². The van der Waals surface area contributed by atoms with Gasteiger partial charge in [-0.2, -0.15) is 0 Å². The Kier molecular flexibility index (Phi) is 7.21. The van der Waals surface area contributed by atoms with Crippen LogP contribution in [0.4, 0.5) is 0 Å². The zero-order valence-electron chi connectivity index (χ0n) is 16.3. The monoisotopic (exact) mass is 528 g/mol. The summed E-state index contributed by atoms with van der Waals surface area (Å²) >= 11 is 6.02. The molecule has 29 heavy (non-hydrogen) atoms. The molecule has 156 valence electrons. The number of hydrogen-bond donors (Lipinski definition) is 2. The van der Waals surface area contributed by atoms with Crippen molar-refractivity contribution in [2.75, 3.05) is 19.6 Å². The molecule has 8 heteroatoms. The topological polar surface area (TPSA) is 73.8 Å². The van der Waals surface area contributed by atoms with Gasteiger partial charge in [0, 0.05) is 24.7 Å². The Labute approximate surface area is 193 Å². The first-order chi connectivity index (χ1) is 13.6. The Morgan fingerprint density at radius 2 is 1.86 bits per heavy atom. The lowest BCUT2D eigenvalue weighted by Crippen LogP contribution is -2.43. The molecule has 2 N–H and O–H groups in total. The molecule has 1 aromatic rings. The fraction of sp³-hybridized carbons (Fsp3) is 0.476. The number of allylic oxidation sites excluding steroid dienone is 2. The number of imide groups is 1. The molecule has 1 saturated carbocycles. The minimum Gasteiger partial charge on any atom is -0.357 e. The van der Waals surface area contributed by atoms with Crippen LogP contribution in [0.5, 0.6) is 0 Å². The van der Waals surface area contributed by atoms with Gasteiger partial charge in [-0.15, -0.1) is 24.0 Å². The molecule has 3 aliphatic rings. The maximum absolute atomic E-state index is 12.7. The zero-order valence-corrected chi connectivity index (χ0v) is 19.4. The lowest BCUT2D eigenvalue weighted by molar-refractivity contribution is -0.140. The van der Waals surface area contributed by atoms with E-state index in [1.54, 1.807) is 0 Å². The number of fused-ring (bicyclic) bond motifs is 5. The lowest BCUT2D eigenvalue weighted by Gasteiger charge is -2.18. The fourth-order valence-corrected chi connectivity index (χ4v) is 4.83. The van der Waals surface area contributed by atoms with E-state index in [1.807, 2.05) is 31.2 Å². The van der Waals surface area contributed by atoms with Crippen molar-refractivity contribution in [3.05, 3.63) is 47.0 Å². The number of likely N-dealkylation sites (tertiary alicyclic amines) is 1. The Balaban J connectivity index is 0.00000240. The summed E-state index contributed by atoms with van der Waals surface area (Å²) in [5, 5.41) is 7.09. The number of nitrogens with one attached hydrogen (secondary N) is 2. The summed E-state index contributed by atoms with van der Waals surface area (Å²) < 4.78 is 0. The molecule has 0 spiro atoms. The minimum absolute atomic E-state index is 0. The van der Waals surface area contributed by atoms with Crippen molar-refractivity contribution in [3.63, 3.8) is 0 Å². The second-order valence-corrected chi connectivity index (χ2v) is 8.02. The number of rotatable bonds is 6. The third-order valence-corrected chi connectivity index (χ3v) is 6.08. The van der Waals surface area contributed by atoms with Crippen molar-refractivity contribution in [2.45, 2.75) is 19.9 Å². The van der Waals surface area contributed by atoms with Crippen molar-refractivity contribution >= 4 is 53.4 Å². The molecule has 1 saturated heterocycles. The summed E-state index contributed by atoms with van der Waals surface area (Å²) in [5.74, 6) is 0.883. The van der Waals surface area contributed by atoms with Crippen molar-refractivity contribution in [3.8, 4) is 0 Å². The Bertz CT molecular complexity index is 814. The first-order valence-corrected chi connectivity index (χ1v) is 10.3. The van der Waals surface area contributed by atoms with Gasteiger partial charge in [-0.3, -0.25) is 14.5 Å². The van der Waals surface area contributed by atoms with Gasteiger partial charge in [-0.05, 0) is 42.9 Å². The van der Waals surface area contributed by atoms with Gasteiger partial charge >= 0.3 is 0 Å². The molecule has 2 amide bonds. The highest BCUT2D eigenvalue weighted by atomic mass is 127. The minimum atomic E-state index is -0.132. The molecular weight excluding hydrogens is 503 g/mol. The van der Waals surface area contributed by atoms with Crippen LogP contribution in [0.25, 0.3) is 0 Å². The van der Waals surface area contributed by atoms with Crippen molar-refractivity contribution in [1.29, 1.82) is 0 Å². The molecule has 2 aliphatic carbocycles. The van der Waals surface area contributed by atoms with E-state index in [1.165, 1.54) is 4.90 Å². The molecule has 6 nitrogen and oxygen atoms in total. The lowest BCUT2D eigenvalue weighted by atomic mass is 9.85. The van der Waals surface area contributed by atoms with Crippen molar-refractivity contribution in [1.82, 2.24) is 15.5 Å². The largest absolute Gasteiger partial charge is 0.357 e. The van der Waals surface area contributed by atoms with Gasteiger partial charge in [-0.1, -0.05) is 35.9 Å². The summed E-state index contributed by atoms with van der Waals surface area (Å²) in [6.07, 6.45) is 5.19. The SMILES string of the molecule is CCNC(=NCc1cccc(Cl)c1)NCCN1C(=O)C2C3C=CC(C3)C2C1=O.I. The van der Waals surface area contributed by atoms with E-state index in [4.69, 9.17) is 11.6 Å². The maximum atomic E-state index is 12.7. The Morgan fingerprint density at radius 1 is 1.17 bits per heavy atom. The smallest absolute Gasteiger partial charge is 0.233 e. The van der Waals surface area contributed by atoms with Crippen molar-refractivity contribution in [2.24, 2.45) is 28.7 Å². The van der Waals surface area contributed by atoms with Gasteiger partial charge in [0.1, 0.15) is 0 Å². The van der Waals surface area contributed by atoms with Gasteiger partial charge in [-0.25, -0.2) is 4.99 Å². The molecule has 4 rings (SSSR count). The number of nitrogens with zero attached hydrogens (tertiary/aromatic N) is 2. The van der Waals surface area contributed by atoms with Gasteiger partial charge in [0.05, 0.1) is 18.4 Å². The molecule has 2 bridgehead atoms. The highest BCUT2D eigenvalue weighted by molar-refractivity contribution is 14.0. The van der Waals surface area contributed by atoms with Gasteiger partial charge in [0.25, 0.3) is 0 Å². The maximum Gasteiger partial charge on any atom is 0.233 e. The molecule has 1 aromatic carbocycles. The van der Waals surface area contributed by atoms with Crippen LogP contribution < -0.4 is 10.6 Å². The highest BCUT2D eigenvalue weighted by Gasteiger charge is 2.58. The number of carbonyl (C=O) groups excluding carboxylic acids is 2. The Morgan fingerprint density at radius 3 is 2.48 bits per heavy atom. The summed E-state index contributed by atoms with van der Waals surface area (Å²) in [4.78, 5) is 31.4. The Hall–Kier alpha value is -1.61. The quantitative estimate of drug-likeness (QED) is 0.196. The van der Waals surface area contributed by atoms with Gasteiger partial charge in [0.15, 0.2) is 5.96 Å². The highest BCUT2D eigenvalue weighted by Crippen LogP contribution is 2.52. The number of halogens is 2. The van der Waals surface area contributed by atoms with Crippen LogP contribution >= 0.6 is 35.6 Å². The van der Waals surface area contributed by atoms with Crippen LogP contribution in [0.3, 0.4) is 0 Å². The molecule has 0 radical (unpaired) electrons. The average Bonchev–Trinajstić information content (AvgIpc) is 3.35. The van der Waals surface area contributed by atoms with E-state index >= 15 is 0 Å². The third kappa shape index (κ3) is 4.45. The molecular formula is C21H26ClIN4O2. The van der Waals surface area contributed by atoms with E-state index in [-0.39, 0.29) is 59.5 Å². The predicted octanol–water partition coefficient (Wildman–Crippen LogP) is 2.82. The van der Waals surface area contributed by atoms with Crippen LogP contribution in [-0.2, 0) is 16.1 Å². The number of hydrogen-bond acceptors (Lipinski definition) is 3. The molecule has 2 fully saturated rings. The summed E-state index contributed by atoms with van der Waals surface area (Å²) in [6, 6.07) is 7.59. The summed E-state index contributed by atoms with van der Waals surface area (Å²) in [7, 11) is 0. The number of benzene rings is 1. The molecule has 1 aliphatic heterocycles. The predicted molar refractivity (Wildman–Crippen MR) is 124 cm³/mol. The van der Waals surface area contributed by atoms with Gasteiger partial charge in [0.2, 0.25) is 11.8 Å².